The number of ketones is 1. The lowest BCUT2D eigenvalue weighted by atomic mass is 9.33. The highest BCUT2D eigenvalue weighted by atomic mass is 16.6. The summed E-state index contributed by atoms with van der Waals surface area (Å²) in [6, 6.07) is -0.551. The number of rotatable bonds is 6. The van der Waals surface area contributed by atoms with Crippen LogP contribution in [-0.2, 0) is 42.9 Å². The molecule has 0 bridgehead atoms. The van der Waals surface area contributed by atoms with E-state index >= 15 is 0 Å². The van der Waals surface area contributed by atoms with Crippen molar-refractivity contribution in [3.05, 3.63) is 23.0 Å². The van der Waals surface area contributed by atoms with Crippen LogP contribution in [0.5, 0.6) is 0 Å². The van der Waals surface area contributed by atoms with Gasteiger partial charge in [0.1, 0.15) is 17.1 Å². The standard InChI is InChI=1S/C33H45NO12/c1-15(2)11-20(37)44-23-25-32(6,29(42)43-7)26(39)21(38)24-30(4)13-19(36)22(45-27(40)18-9-8-10-34-18)16(3)17(30)12-31(5,46-28(23)41)33(24,25)14-35/h11,17-18,21,23-26,34-35,38-39H,8-10,12-14H2,1-7H3/t17-,18-,21+,23+,24?,25-,26-,30-,31+,32?,33?/m0/s1. The van der Waals surface area contributed by atoms with Gasteiger partial charge in [0.15, 0.2) is 11.5 Å². The van der Waals surface area contributed by atoms with Crippen LogP contribution in [0.15, 0.2) is 23.0 Å². The van der Waals surface area contributed by atoms with Crippen LogP contribution in [0.1, 0.15) is 67.2 Å². The Morgan fingerprint density at radius 2 is 1.78 bits per heavy atom. The Morgan fingerprint density at radius 3 is 2.35 bits per heavy atom. The van der Waals surface area contributed by atoms with Crippen molar-refractivity contribution in [1.29, 1.82) is 0 Å². The second-order valence-corrected chi connectivity index (χ2v) is 14.5. The normalized spacial score (nSPS) is 43.1. The molecule has 46 heavy (non-hydrogen) atoms. The van der Waals surface area contributed by atoms with Crippen molar-refractivity contribution in [2.75, 3.05) is 20.3 Å². The third kappa shape index (κ3) is 4.60. The molecule has 0 radical (unpaired) electrons. The number of carbonyl (C=O) groups excluding carboxylic acids is 5. The fraction of sp³-hybridized carbons (Fsp3) is 0.727. The van der Waals surface area contributed by atoms with E-state index < -0.39 is 100 Å². The minimum atomic E-state index is -2.08. The quantitative estimate of drug-likeness (QED) is 0.180. The van der Waals surface area contributed by atoms with Gasteiger partial charge >= 0.3 is 23.9 Å². The maximum atomic E-state index is 13.9. The number of ether oxygens (including phenoxy) is 4. The fourth-order valence-electron chi connectivity index (χ4n) is 9.78. The second-order valence-electron chi connectivity index (χ2n) is 14.5. The van der Waals surface area contributed by atoms with Crippen LogP contribution in [0.25, 0.3) is 0 Å². The Balaban J connectivity index is 1.71. The summed E-state index contributed by atoms with van der Waals surface area (Å²) in [4.78, 5) is 67.3. The van der Waals surface area contributed by atoms with Crippen LogP contribution in [0.3, 0.4) is 0 Å². The van der Waals surface area contributed by atoms with Gasteiger partial charge in [0.2, 0.25) is 6.10 Å². The van der Waals surface area contributed by atoms with E-state index in [-0.39, 0.29) is 18.6 Å². The SMILES string of the molecule is COC(=O)C1(C)[C@@H](O)[C@H](O)C2C3(CO)[C@H]1[C@@H](OC(=O)C=C(C)C)C(=O)O[C@]3(C)C[C@H]1C(C)=C(OC(=O)[C@@H]3CCCN3)C(=O)C[C@]21C. The van der Waals surface area contributed by atoms with Gasteiger partial charge in [-0.1, -0.05) is 12.5 Å². The third-order valence-corrected chi connectivity index (χ3v) is 11.7. The largest absolute Gasteiger partial charge is 0.469 e. The van der Waals surface area contributed by atoms with Crippen molar-refractivity contribution in [2.24, 2.45) is 34.0 Å². The minimum Gasteiger partial charge on any atom is -0.469 e. The molecule has 2 saturated carbocycles. The van der Waals surface area contributed by atoms with Crippen LogP contribution >= 0.6 is 0 Å². The van der Waals surface area contributed by atoms with Crippen molar-refractivity contribution in [3.8, 4) is 0 Å². The highest BCUT2D eigenvalue weighted by Gasteiger charge is 2.83. The number of aliphatic hydroxyl groups is 3. The van der Waals surface area contributed by atoms with E-state index in [1.807, 2.05) is 0 Å². The summed E-state index contributed by atoms with van der Waals surface area (Å²) in [5.41, 5.74) is -5.67. The monoisotopic (exact) mass is 647 g/mol. The summed E-state index contributed by atoms with van der Waals surface area (Å²) >= 11 is 0. The molecule has 3 unspecified atom stereocenters. The average molecular weight is 648 g/mol. The first kappa shape index (κ1) is 34.2. The molecule has 0 aromatic rings. The van der Waals surface area contributed by atoms with Gasteiger partial charge in [0.25, 0.3) is 0 Å². The van der Waals surface area contributed by atoms with Crippen LogP contribution < -0.4 is 5.32 Å². The highest BCUT2D eigenvalue weighted by Crippen LogP contribution is 2.74. The summed E-state index contributed by atoms with van der Waals surface area (Å²) in [6.45, 7) is 9.46. The van der Waals surface area contributed by atoms with Crippen molar-refractivity contribution in [1.82, 2.24) is 5.32 Å². The number of hydrogen-bond acceptors (Lipinski definition) is 13. The Labute approximate surface area is 267 Å². The molecule has 0 amide bonds. The first-order chi connectivity index (χ1) is 21.4. The summed E-state index contributed by atoms with van der Waals surface area (Å²) < 4.78 is 22.6. The molecule has 13 nitrogen and oxygen atoms in total. The molecule has 2 aliphatic heterocycles. The van der Waals surface area contributed by atoms with Gasteiger partial charge in [0.05, 0.1) is 25.9 Å². The number of aliphatic hydroxyl groups excluding tert-OH is 3. The molecule has 254 valence electrons. The number of Topliss-reactive ketones (excluding diaryl/α,β-unsaturated/α-hetero) is 1. The highest BCUT2D eigenvalue weighted by molar-refractivity contribution is 5.98. The fourth-order valence-corrected chi connectivity index (χ4v) is 9.78. The second kappa shape index (κ2) is 11.5. The van der Waals surface area contributed by atoms with Gasteiger partial charge in [-0.2, -0.15) is 0 Å². The Kier molecular flexibility index (Phi) is 8.58. The molecule has 4 fully saturated rings. The Hall–Kier alpha value is -3.13. The predicted molar refractivity (Wildman–Crippen MR) is 158 cm³/mol. The molecule has 2 saturated heterocycles. The lowest BCUT2D eigenvalue weighted by Gasteiger charge is -2.73. The predicted octanol–water partition coefficient (Wildman–Crippen LogP) is 0.874. The number of allylic oxidation sites excluding steroid dienone is 3. The molecule has 0 aromatic carbocycles. The maximum Gasteiger partial charge on any atom is 0.348 e. The number of esters is 4. The molecule has 2 heterocycles. The van der Waals surface area contributed by atoms with Crippen LogP contribution in [0, 0.1) is 34.0 Å². The van der Waals surface area contributed by atoms with Gasteiger partial charge in [-0.25, -0.2) is 14.4 Å². The first-order valence-electron chi connectivity index (χ1n) is 15.8. The average Bonchev–Trinajstić information content (AvgIpc) is 3.52. The molecular formula is C33H45NO12. The molecule has 5 aliphatic rings. The zero-order chi connectivity index (χ0) is 34.1. The van der Waals surface area contributed by atoms with E-state index in [2.05, 4.69) is 5.32 Å². The number of hydrogen-bond donors (Lipinski definition) is 4. The summed E-state index contributed by atoms with van der Waals surface area (Å²) in [7, 11) is 1.09. The van der Waals surface area contributed by atoms with E-state index in [9.17, 15) is 39.3 Å². The van der Waals surface area contributed by atoms with Crippen molar-refractivity contribution < 1.29 is 58.2 Å². The van der Waals surface area contributed by atoms with Crippen molar-refractivity contribution in [3.63, 3.8) is 0 Å². The van der Waals surface area contributed by atoms with Crippen molar-refractivity contribution in [2.45, 2.75) is 97.2 Å². The Bertz CT molecular complexity index is 1410. The number of nitrogens with one attached hydrogen (secondary N) is 1. The zero-order valence-electron chi connectivity index (χ0n) is 27.4. The van der Waals surface area contributed by atoms with Crippen LogP contribution in [0.4, 0.5) is 0 Å². The van der Waals surface area contributed by atoms with Gasteiger partial charge in [-0.3, -0.25) is 9.59 Å². The summed E-state index contributed by atoms with van der Waals surface area (Å²) in [5, 5.41) is 38.4. The number of carbonyl (C=O) groups is 5. The molecule has 11 atom stereocenters. The first-order valence-corrected chi connectivity index (χ1v) is 15.8. The van der Waals surface area contributed by atoms with Crippen LogP contribution in [-0.4, -0.2) is 95.2 Å². The third-order valence-electron chi connectivity index (χ3n) is 11.7. The molecule has 0 aromatic heterocycles. The van der Waals surface area contributed by atoms with Gasteiger partial charge in [0, 0.05) is 29.7 Å². The van der Waals surface area contributed by atoms with E-state index in [4.69, 9.17) is 18.9 Å². The summed E-state index contributed by atoms with van der Waals surface area (Å²) in [5.74, 6) is -7.36. The Morgan fingerprint density at radius 1 is 1.11 bits per heavy atom. The maximum absolute atomic E-state index is 13.9. The lowest BCUT2D eigenvalue weighted by molar-refractivity contribution is -0.351. The molecule has 0 spiro atoms. The van der Waals surface area contributed by atoms with Gasteiger partial charge in [-0.05, 0) is 77.3 Å². The lowest BCUT2D eigenvalue weighted by Crippen LogP contribution is -2.83. The number of methoxy groups -OCH3 is 1. The zero-order valence-corrected chi connectivity index (χ0v) is 27.4. The molecule has 4 N–H and O–H groups in total. The molecule has 13 heteroatoms. The minimum absolute atomic E-state index is 0.000647. The van der Waals surface area contributed by atoms with Crippen LogP contribution in [0.2, 0.25) is 0 Å². The number of fused-ring (bicyclic) bond motifs is 2. The molecule has 5 rings (SSSR count). The van der Waals surface area contributed by atoms with E-state index in [1.54, 1.807) is 34.6 Å². The van der Waals surface area contributed by atoms with Gasteiger partial charge in [-0.15, -0.1) is 0 Å². The van der Waals surface area contributed by atoms with E-state index in [0.717, 1.165) is 19.6 Å². The summed E-state index contributed by atoms with van der Waals surface area (Å²) in [6.07, 6.45) is -3.14. The topological polar surface area (TPSA) is 195 Å². The smallest absolute Gasteiger partial charge is 0.348 e. The van der Waals surface area contributed by atoms with E-state index in [1.165, 1.54) is 6.92 Å². The molecular weight excluding hydrogens is 602 g/mol. The van der Waals surface area contributed by atoms with Crippen molar-refractivity contribution >= 4 is 29.7 Å². The van der Waals surface area contributed by atoms with E-state index in [0.29, 0.717) is 24.1 Å². The molecule has 3 aliphatic carbocycles. The van der Waals surface area contributed by atoms with Gasteiger partial charge < -0.3 is 39.6 Å².